The molecule has 1 atom stereocenters. The maximum atomic E-state index is 11.5. The molecule has 6 nitrogen and oxygen atoms in total. The lowest BCUT2D eigenvalue weighted by atomic mass is 10.1. The lowest BCUT2D eigenvalue weighted by Gasteiger charge is -2.10. The normalized spacial score (nSPS) is 11.6. The highest BCUT2D eigenvalue weighted by atomic mass is 32.1. The van der Waals surface area contributed by atoms with Gasteiger partial charge < -0.3 is 15.7 Å². The van der Waals surface area contributed by atoms with Crippen molar-refractivity contribution in [2.75, 3.05) is 13.1 Å². The van der Waals surface area contributed by atoms with Crippen molar-refractivity contribution in [2.45, 2.75) is 13.3 Å². The Kier molecular flexibility index (Phi) is 6.01. The number of carboxylic acid groups (broad SMARTS) is 1. The summed E-state index contributed by atoms with van der Waals surface area (Å²) >= 11 is 1.30. The molecule has 0 saturated heterocycles. The summed E-state index contributed by atoms with van der Waals surface area (Å²) in [5, 5.41) is 15.4. The number of hydrogen-bond acceptors (Lipinski definition) is 4. The molecule has 7 heteroatoms. The van der Waals surface area contributed by atoms with Crippen LogP contribution in [0.3, 0.4) is 0 Å². The standard InChI is InChI=1S/C12H16N2O4S/c1-8(5-11(16)17)6-13-10(15)7-14-12(18)9-3-2-4-19-9/h2-4,8H,5-7H2,1H3,(H,13,15)(H,14,18)(H,16,17). The SMILES string of the molecule is CC(CNC(=O)CNC(=O)c1cccs1)CC(=O)O. The van der Waals surface area contributed by atoms with E-state index in [1.54, 1.807) is 24.4 Å². The smallest absolute Gasteiger partial charge is 0.303 e. The Hall–Kier alpha value is -1.89. The molecule has 0 fully saturated rings. The number of amides is 2. The van der Waals surface area contributed by atoms with Crippen LogP contribution in [0.25, 0.3) is 0 Å². The topological polar surface area (TPSA) is 95.5 Å². The summed E-state index contributed by atoms with van der Waals surface area (Å²) in [5.74, 6) is -1.66. The fraction of sp³-hybridized carbons (Fsp3) is 0.417. The van der Waals surface area contributed by atoms with Gasteiger partial charge in [-0.3, -0.25) is 14.4 Å². The molecule has 0 aromatic carbocycles. The highest BCUT2D eigenvalue weighted by Crippen LogP contribution is 2.07. The van der Waals surface area contributed by atoms with Gasteiger partial charge in [-0.05, 0) is 17.4 Å². The van der Waals surface area contributed by atoms with Crippen LogP contribution >= 0.6 is 11.3 Å². The molecule has 0 aliphatic rings. The number of carbonyl (C=O) groups is 3. The van der Waals surface area contributed by atoms with Gasteiger partial charge in [0.05, 0.1) is 11.4 Å². The number of rotatable bonds is 7. The van der Waals surface area contributed by atoms with Crippen LogP contribution < -0.4 is 10.6 Å². The second kappa shape index (κ2) is 7.52. The van der Waals surface area contributed by atoms with Crippen LogP contribution in [0.15, 0.2) is 17.5 Å². The lowest BCUT2D eigenvalue weighted by Crippen LogP contribution is -2.38. The maximum Gasteiger partial charge on any atom is 0.303 e. The minimum atomic E-state index is -0.896. The molecule has 2 amide bonds. The van der Waals surface area contributed by atoms with Gasteiger partial charge in [0.15, 0.2) is 0 Å². The third kappa shape index (κ3) is 6.01. The predicted molar refractivity (Wildman–Crippen MR) is 71.1 cm³/mol. The summed E-state index contributed by atoms with van der Waals surface area (Å²) in [6.45, 7) is 1.90. The number of thiophene rings is 1. The average Bonchev–Trinajstić information content (AvgIpc) is 2.86. The third-order valence-electron chi connectivity index (χ3n) is 2.33. The van der Waals surface area contributed by atoms with Gasteiger partial charge in [-0.1, -0.05) is 13.0 Å². The summed E-state index contributed by atoms with van der Waals surface area (Å²) in [6, 6.07) is 3.43. The molecule has 1 aromatic rings. The van der Waals surface area contributed by atoms with Gasteiger partial charge in [-0.2, -0.15) is 0 Å². The van der Waals surface area contributed by atoms with Gasteiger partial charge >= 0.3 is 5.97 Å². The van der Waals surface area contributed by atoms with E-state index < -0.39 is 5.97 Å². The average molecular weight is 284 g/mol. The molecule has 0 bridgehead atoms. The summed E-state index contributed by atoms with van der Waals surface area (Å²) in [7, 11) is 0. The maximum absolute atomic E-state index is 11.5. The lowest BCUT2D eigenvalue weighted by molar-refractivity contribution is -0.138. The van der Waals surface area contributed by atoms with Crippen molar-refractivity contribution in [2.24, 2.45) is 5.92 Å². The number of hydrogen-bond donors (Lipinski definition) is 3. The molecule has 1 heterocycles. The van der Waals surface area contributed by atoms with Crippen LogP contribution in [0.2, 0.25) is 0 Å². The molecule has 104 valence electrons. The van der Waals surface area contributed by atoms with Gasteiger partial charge in [-0.15, -0.1) is 11.3 Å². The van der Waals surface area contributed by atoms with Crippen molar-refractivity contribution in [1.82, 2.24) is 10.6 Å². The van der Waals surface area contributed by atoms with Gasteiger partial charge in [0.1, 0.15) is 0 Å². The molecule has 0 aliphatic carbocycles. The van der Waals surface area contributed by atoms with E-state index in [0.717, 1.165) is 0 Å². The van der Waals surface area contributed by atoms with Crippen LogP contribution in [-0.4, -0.2) is 36.0 Å². The number of carboxylic acids is 1. The quantitative estimate of drug-likeness (QED) is 0.687. The Morgan fingerprint density at radius 1 is 1.37 bits per heavy atom. The van der Waals surface area contributed by atoms with Crippen molar-refractivity contribution in [3.05, 3.63) is 22.4 Å². The van der Waals surface area contributed by atoms with Gasteiger partial charge in [0, 0.05) is 13.0 Å². The molecule has 1 rings (SSSR count). The molecule has 1 unspecified atom stereocenters. The van der Waals surface area contributed by atoms with Crippen molar-refractivity contribution >= 4 is 29.1 Å². The number of aliphatic carboxylic acids is 1. The Labute approximate surface area is 114 Å². The summed E-state index contributed by atoms with van der Waals surface area (Å²) in [4.78, 5) is 34.0. The third-order valence-corrected chi connectivity index (χ3v) is 3.19. The van der Waals surface area contributed by atoms with Crippen LogP contribution in [0, 0.1) is 5.92 Å². The van der Waals surface area contributed by atoms with E-state index in [9.17, 15) is 14.4 Å². The molecule has 0 aliphatic heterocycles. The second-order valence-corrected chi connectivity index (χ2v) is 5.11. The molecule has 3 N–H and O–H groups in total. The molecule has 0 spiro atoms. The van der Waals surface area contributed by atoms with E-state index in [4.69, 9.17) is 5.11 Å². The zero-order valence-corrected chi connectivity index (χ0v) is 11.3. The molecule has 1 aromatic heterocycles. The Balaban J connectivity index is 2.21. The van der Waals surface area contributed by atoms with Gasteiger partial charge in [0.2, 0.25) is 5.91 Å². The zero-order chi connectivity index (χ0) is 14.3. The van der Waals surface area contributed by atoms with E-state index in [1.807, 2.05) is 0 Å². The highest BCUT2D eigenvalue weighted by molar-refractivity contribution is 7.12. The van der Waals surface area contributed by atoms with E-state index in [-0.39, 0.29) is 37.2 Å². The Bertz CT molecular complexity index is 445. The number of carbonyl (C=O) groups excluding carboxylic acids is 2. The molecular weight excluding hydrogens is 268 g/mol. The molecule has 19 heavy (non-hydrogen) atoms. The fourth-order valence-corrected chi connectivity index (χ4v) is 2.02. The van der Waals surface area contributed by atoms with Crippen LogP contribution in [0.5, 0.6) is 0 Å². The van der Waals surface area contributed by atoms with E-state index in [0.29, 0.717) is 4.88 Å². The minimum absolute atomic E-state index is 0.00182. The second-order valence-electron chi connectivity index (χ2n) is 4.17. The van der Waals surface area contributed by atoms with Gasteiger partial charge in [-0.25, -0.2) is 0 Å². The van der Waals surface area contributed by atoms with Crippen LogP contribution in [0.4, 0.5) is 0 Å². The largest absolute Gasteiger partial charge is 0.481 e. The van der Waals surface area contributed by atoms with E-state index >= 15 is 0 Å². The monoisotopic (exact) mass is 284 g/mol. The molecule has 0 radical (unpaired) electrons. The summed E-state index contributed by atoms with van der Waals surface area (Å²) in [6.07, 6.45) is 0.00182. The summed E-state index contributed by atoms with van der Waals surface area (Å²) < 4.78 is 0. The minimum Gasteiger partial charge on any atom is -0.481 e. The molecular formula is C12H16N2O4S. The van der Waals surface area contributed by atoms with Crippen molar-refractivity contribution in [1.29, 1.82) is 0 Å². The fourth-order valence-electron chi connectivity index (χ4n) is 1.38. The zero-order valence-electron chi connectivity index (χ0n) is 10.5. The first-order valence-corrected chi connectivity index (χ1v) is 6.67. The van der Waals surface area contributed by atoms with Crippen LogP contribution in [0.1, 0.15) is 23.0 Å². The van der Waals surface area contributed by atoms with E-state index in [1.165, 1.54) is 11.3 Å². The van der Waals surface area contributed by atoms with Crippen molar-refractivity contribution < 1.29 is 19.5 Å². The first kappa shape index (κ1) is 15.2. The predicted octanol–water partition coefficient (Wildman–Crippen LogP) is 0.705. The van der Waals surface area contributed by atoms with E-state index in [2.05, 4.69) is 10.6 Å². The Morgan fingerprint density at radius 3 is 2.68 bits per heavy atom. The van der Waals surface area contributed by atoms with Crippen molar-refractivity contribution in [3.63, 3.8) is 0 Å². The first-order valence-electron chi connectivity index (χ1n) is 5.79. The van der Waals surface area contributed by atoms with Crippen molar-refractivity contribution in [3.8, 4) is 0 Å². The number of nitrogens with one attached hydrogen (secondary N) is 2. The van der Waals surface area contributed by atoms with Crippen LogP contribution in [-0.2, 0) is 9.59 Å². The van der Waals surface area contributed by atoms with Gasteiger partial charge in [0.25, 0.3) is 5.91 Å². The highest BCUT2D eigenvalue weighted by Gasteiger charge is 2.11. The Morgan fingerprint density at radius 2 is 2.11 bits per heavy atom. The first-order chi connectivity index (χ1) is 8.99. The molecule has 0 saturated carbocycles. The summed E-state index contributed by atoms with van der Waals surface area (Å²) in [5.41, 5.74) is 0.